The maximum absolute atomic E-state index is 4.79. The predicted octanol–water partition coefficient (Wildman–Crippen LogP) is 3.76. The van der Waals surface area contributed by atoms with Gasteiger partial charge in [0.1, 0.15) is 6.61 Å². The van der Waals surface area contributed by atoms with Crippen LogP contribution < -0.4 is 0 Å². The minimum atomic E-state index is 0.735. The van der Waals surface area contributed by atoms with Crippen molar-refractivity contribution in [3.05, 3.63) is 0 Å². The van der Waals surface area contributed by atoms with Crippen LogP contribution in [0, 0.1) is 0 Å². The van der Waals surface area contributed by atoms with E-state index in [1.54, 1.807) is 0 Å². The molecule has 0 bridgehead atoms. The Morgan fingerprint density at radius 1 is 0.923 bits per heavy atom. The van der Waals surface area contributed by atoms with Gasteiger partial charge in [-0.2, -0.15) is 0 Å². The predicted molar refractivity (Wildman–Crippen MR) is 58.1 cm³/mol. The summed E-state index contributed by atoms with van der Waals surface area (Å²) in [6.07, 6.45) is 10.6. The second-order valence-electron chi connectivity index (χ2n) is 3.44. The van der Waals surface area contributed by atoms with Crippen LogP contribution in [-0.4, -0.2) is 13.3 Å². The summed E-state index contributed by atoms with van der Waals surface area (Å²) >= 11 is 0. The van der Waals surface area contributed by atoms with Gasteiger partial charge in [0.2, 0.25) is 0 Å². The summed E-state index contributed by atoms with van der Waals surface area (Å²) < 4.78 is 0. The van der Waals surface area contributed by atoms with E-state index in [9.17, 15) is 0 Å². The first-order valence-corrected chi connectivity index (χ1v) is 5.49. The fraction of sp³-hybridized carbons (Fsp3) is 0.909. The lowest BCUT2D eigenvalue weighted by molar-refractivity contribution is 0.142. The fourth-order valence-electron chi connectivity index (χ4n) is 1.37. The SMILES string of the molecule is C=NOCCCCCCCCCC. The third kappa shape index (κ3) is 11.5. The van der Waals surface area contributed by atoms with E-state index in [1.807, 2.05) is 0 Å². The third-order valence-corrected chi connectivity index (χ3v) is 2.18. The highest BCUT2D eigenvalue weighted by atomic mass is 16.6. The number of hydrogen-bond acceptors (Lipinski definition) is 2. The molecule has 0 heterocycles. The molecule has 0 spiro atoms. The molecular formula is C11H23NO. The van der Waals surface area contributed by atoms with E-state index >= 15 is 0 Å². The van der Waals surface area contributed by atoms with Crippen molar-refractivity contribution in [1.29, 1.82) is 0 Å². The molecule has 0 saturated heterocycles. The first-order valence-electron chi connectivity index (χ1n) is 5.49. The van der Waals surface area contributed by atoms with Crippen molar-refractivity contribution in [2.24, 2.45) is 5.16 Å². The van der Waals surface area contributed by atoms with E-state index in [0.29, 0.717) is 0 Å². The van der Waals surface area contributed by atoms with Gasteiger partial charge in [-0.1, -0.05) is 45.4 Å². The van der Waals surface area contributed by atoms with Crippen LogP contribution in [0.15, 0.2) is 5.16 Å². The average Bonchev–Trinajstić information content (AvgIpc) is 2.16. The Bertz CT molecular complexity index is 104. The van der Waals surface area contributed by atoms with Gasteiger partial charge in [0.25, 0.3) is 0 Å². The lowest BCUT2D eigenvalue weighted by Crippen LogP contribution is -1.87. The van der Waals surface area contributed by atoms with Crippen molar-refractivity contribution < 1.29 is 4.84 Å². The molecule has 0 aliphatic heterocycles. The lowest BCUT2D eigenvalue weighted by atomic mass is 10.1. The molecule has 0 N–H and O–H groups in total. The molecule has 0 aromatic rings. The molecule has 0 rings (SSSR count). The highest BCUT2D eigenvalue weighted by Crippen LogP contribution is 2.08. The topological polar surface area (TPSA) is 21.6 Å². The normalized spacial score (nSPS) is 9.92. The zero-order chi connectivity index (χ0) is 9.78. The molecule has 78 valence electrons. The Kier molecular flexibility index (Phi) is 11.0. The highest BCUT2D eigenvalue weighted by Gasteiger charge is 1.91. The largest absolute Gasteiger partial charge is 0.396 e. The van der Waals surface area contributed by atoms with Crippen molar-refractivity contribution in [2.75, 3.05) is 6.61 Å². The van der Waals surface area contributed by atoms with Crippen molar-refractivity contribution in [2.45, 2.75) is 58.3 Å². The molecule has 0 atom stereocenters. The second kappa shape index (κ2) is 11.5. The van der Waals surface area contributed by atoms with Gasteiger partial charge in [-0.25, -0.2) is 0 Å². The van der Waals surface area contributed by atoms with E-state index in [2.05, 4.69) is 18.8 Å². The number of rotatable bonds is 10. The summed E-state index contributed by atoms with van der Waals surface area (Å²) in [4.78, 5) is 4.79. The number of unbranched alkanes of at least 4 members (excludes halogenated alkanes) is 7. The molecule has 0 aliphatic carbocycles. The van der Waals surface area contributed by atoms with Crippen molar-refractivity contribution in [1.82, 2.24) is 0 Å². The van der Waals surface area contributed by atoms with Gasteiger partial charge >= 0.3 is 0 Å². The zero-order valence-corrected chi connectivity index (χ0v) is 8.93. The highest BCUT2D eigenvalue weighted by molar-refractivity contribution is 5.21. The summed E-state index contributed by atoms with van der Waals surface area (Å²) in [7, 11) is 0. The van der Waals surface area contributed by atoms with Crippen LogP contribution >= 0.6 is 0 Å². The van der Waals surface area contributed by atoms with Crippen LogP contribution in [0.25, 0.3) is 0 Å². The molecular weight excluding hydrogens is 162 g/mol. The van der Waals surface area contributed by atoms with Crippen molar-refractivity contribution in [3.63, 3.8) is 0 Å². The van der Waals surface area contributed by atoms with Crippen LogP contribution in [0.1, 0.15) is 58.3 Å². The monoisotopic (exact) mass is 185 g/mol. The Balaban J connectivity index is 2.79. The Labute approximate surface area is 82.4 Å². The maximum atomic E-state index is 4.79. The van der Waals surface area contributed by atoms with Crippen LogP contribution in [-0.2, 0) is 4.84 Å². The van der Waals surface area contributed by atoms with E-state index < -0.39 is 0 Å². The standard InChI is InChI=1S/C11H23NO/c1-3-4-5-6-7-8-9-10-11-13-12-2/h2-11H2,1H3. The van der Waals surface area contributed by atoms with Crippen LogP contribution in [0.5, 0.6) is 0 Å². The number of oxime groups is 1. The Hall–Kier alpha value is -0.530. The first-order chi connectivity index (χ1) is 6.41. The third-order valence-electron chi connectivity index (χ3n) is 2.18. The van der Waals surface area contributed by atoms with E-state index in [1.165, 1.54) is 44.9 Å². The summed E-state index contributed by atoms with van der Waals surface area (Å²) in [6.45, 7) is 6.24. The lowest BCUT2D eigenvalue weighted by Gasteiger charge is -2.00. The van der Waals surface area contributed by atoms with Gasteiger partial charge in [0, 0.05) is 6.72 Å². The Morgan fingerprint density at radius 3 is 2.00 bits per heavy atom. The molecule has 0 aromatic heterocycles. The van der Waals surface area contributed by atoms with E-state index in [4.69, 9.17) is 4.84 Å². The quantitative estimate of drug-likeness (QED) is 0.288. The fourth-order valence-corrected chi connectivity index (χ4v) is 1.37. The second-order valence-corrected chi connectivity index (χ2v) is 3.44. The molecule has 0 aliphatic rings. The summed E-state index contributed by atoms with van der Waals surface area (Å²) in [5.74, 6) is 0. The molecule has 2 heteroatoms. The minimum absolute atomic E-state index is 0.735. The minimum Gasteiger partial charge on any atom is -0.396 e. The van der Waals surface area contributed by atoms with Gasteiger partial charge in [0.05, 0.1) is 0 Å². The van der Waals surface area contributed by atoms with Gasteiger partial charge in [-0.05, 0) is 12.8 Å². The smallest absolute Gasteiger partial charge is 0.117 e. The van der Waals surface area contributed by atoms with Crippen LogP contribution in [0.2, 0.25) is 0 Å². The number of hydrogen-bond donors (Lipinski definition) is 0. The maximum Gasteiger partial charge on any atom is 0.117 e. The summed E-state index contributed by atoms with van der Waals surface area (Å²) in [5.41, 5.74) is 0. The molecule has 0 aromatic carbocycles. The molecule has 0 saturated carbocycles. The Morgan fingerprint density at radius 2 is 1.46 bits per heavy atom. The summed E-state index contributed by atoms with van der Waals surface area (Å²) in [6, 6.07) is 0. The first kappa shape index (κ1) is 12.5. The molecule has 2 nitrogen and oxygen atoms in total. The van der Waals surface area contributed by atoms with Gasteiger partial charge in [-0.3, -0.25) is 0 Å². The van der Waals surface area contributed by atoms with Crippen LogP contribution in [0.4, 0.5) is 0 Å². The van der Waals surface area contributed by atoms with Crippen molar-refractivity contribution in [3.8, 4) is 0 Å². The zero-order valence-electron chi connectivity index (χ0n) is 8.93. The van der Waals surface area contributed by atoms with Gasteiger partial charge < -0.3 is 4.84 Å². The van der Waals surface area contributed by atoms with E-state index in [-0.39, 0.29) is 0 Å². The van der Waals surface area contributed by atoms with Gasteiger partial charge in [-0.15, -0.1) is 5.16 Å². The molecule has 13 heavy (non-hydrogen) atoms. The molecule has 0 fully saturated rings. The average molecular weight is 185 g/mol. The van der Waals surface area contributed by atoms with Crippen molar-refractivity contribution >= 4 is 6.72 Å². The number of nitrogens with zero attached hydrogens (tertiary/aromatic N) is 1. The van der Waals surface area contributed by atoms with Gasteiger partial charge in [0.15, 0.2) is 0 Å². The van der Waals surface area contributed by atoms with E-state index in [0.717, 1.165) is 13.0 Å². The van der Waals surface area contributed by atoms with Crippen LogP contribution in [0.3, 0.4) is 0 Å². The molecule has 0 amide bonds. The molecule has 0 radical (unpaired) electrons. The summed E-state index contributed by atoms with van der Waals surface area (Å²) in [5, 5.41) is 3.34. The molecule has 0 unspecified atom stereocenters.